The first-order valence-electron chi connectivity index (χ1n) is 6.29. The molecule has 0 aliphatic rings. The smallest absolute Gasteiger partial charge is 0.410 e. The van der Waals surface area contributed by atoms with E-state index in [0.29, 0.717) is 13.0 Å². The third-order valence-electron chi connectivity index (χ3n) is 2.40. The molecule has 0 N–H and O–H groups in total. The molecule has 17 heavy (non-hydrogen) atoms. The molecule has 0 fully saturated rings. The van der Waals surface area contributed by atoms with Crippen molar-refractivity contribution in [1.82, 2.24) is 4.90 Å². The first-order chi connectivity index (χ1) is 7.85. The molecular formula is C13H25NO3. The number of hydrogen-bond acceptors (Lipinski definition) is 3. The molecule has 0 aliphatic heterocycles. The molecule has 0 aromatic rings. The van der Waals surface area contributed by atoms with Gasteiger partial charge in [0.15, 0.2) is 0 Å². The fourth-order valence-electron chi connectivity index (χ4n) is 1.70. The number of ether oxygens (including phenoxy) is 1. The summed E-state index contributed by atoms with van der Waals surface area (Å²) in [4.78, 5) is 24.3. The lowest BCUT2D eigenvalue weighted by Gasteiger charge is -2.31. The van der Waals surface area contributed by atoms with Crippen LogP contribution in [0.5, 0.6) is 0 Å². The van der Waals surface area contributed by atoms with Crippen LogP contribution in [-0.2, 0) is 9.53 Å². The van der Waals surface area contributed by atoms with Gasteiger partial charge in [0, 0.05) is 19.0 Å². The topological polar surface area (TPSA) is 46.6 Å². The van der Waals surface area contributed by atoms with Crippen LogP contribution in [0.4, 0.5) is 4.79 Å². The highest BCUT2D eigenvalue weighted by atomic mass is 16.6. The summed E-state index contributed by atoms with van der Waals surface area (Å²) >= 11 is 0. The highest BCUT2D eigenvalue weighted by Gasteiger charge is 2.26. The Kier molecular flexibility index (Phi) is 6.85. The molecule has 1 unspecified atom stereocenters. The Hall–Kier alpha value is -1.06. The van der Waals surface area contributed by atoms with Crippen LogP contribution in [0.2, 0.25) is 0 Å². The van der Waals surface area contributed by atoms with Crippen LogP contribution in [0.15, 0.2) is 0 Å². The van der Waals surface area contributed by atoms with Gasteiger partial charge in [-0.3, -0.25) is 0 Å². The Bertz CT molecular complexity index is 246. The van der Waals surface area contributed by atoms with Gasteiger partial charge < -0.3 is 14.4 Å². The van der Waals surface area contributed by atoms with Gasteiger partial charge in [0.2, 0.25) is 0 Å². The number of carbonyl (C=O) groups is 2. The van der Waals surface area contributed by atoms with Crippen LogP contribution >= 0.6 is 0 Å². The molecule has 0 saturated heterocycles. The summed E-state index contributed by atoms with van der Waals surface area (Å²) < 4.78 is 5.34. The van der Waals surface area contributed by atoms with Gasteiger partial charge in [-0.1, -0.05) is 13.3 Å². The quantitative estimate of drug-likeness (QED) is 0.674. The number of hydrogen-bond donors (Lipinski definition) is 0. The third-order valence-corrected chi connectivity index (χ3v) is 2.40. The number of aldehydes is 1. The van der Waals surface area contributed by atoms with Crippen LogP contribution in [0.3, 0.4) is 0 Å². The summed E-state index contributed by atoms with van der Waals surface area (Å²) in [6, 6.07) is -0.0441. The Morgan fingerprint density at radius 3 is 2.29 bits per heavy atom. The van der Waals surface area contributed by atoms with Crippen LogP contribution < -0.4 is 0 Å². The SMILES string of the molecule is CCCC(CC=O)N(CC)C(=O)OC(C)(C)C. The van der Waals surface area contributed by atoms with E-state index in [1.165, 1.54) is 0 Å². The van der Waals surface area contributed by atoms with Gasteiger partial charge >= 0.3 is 6.09 Å². The van der Waals surface area contributed by atoms with E-state index in [9.17, 15) is 9.59 Å². The van der Waals surface area contributed by atoms with Crippen LogP contribution in [-0.4, -0.2) is 35.5 Å². The minimum atomic E-state index is -0.498. The van der Waals surface area contributed by atoms with E-state index in [1.807, 2.05) is 34.6 Å². The Balaban J connectivity index is 4.64. The number of nitrogens with zero attached hydrogens (tertiary/aromatic N) is 1. The fourth-order valence-corrected chi connectivity index (χ4v) is 1.70. The Labute approximate surface area is 104 Å². The van der Waals surface area contributed by atoms with Crippen molar-refractivity contribution in [2.45, 2.75) is 65.5 Å². The third kappa shape index (κ3) is 6.29. The summed E-state index contributed by atoms with van der Waals surface area (Å²) in [5.74, 6) is 0. The second-order valence-electron chi connectivity index (χ2n) is 5.11. The zero-order chi connectivity index (χ0) is 13.5. The summed E-state index contributed by atoms with van der Waals surface area (Å²) in [5, 5.41) is 0. The Morgan fingerprint density at radius 2 is 1.94 bits per heavy atom. The van der Waals surface area contributed by atoms with Crippen molar-refractivity contribution in [2.75, 3.05) is 6.54 Å². The predicted octanol–water partition coefficient (Wildman–Crippen LogP) is 3.00. The molecule has 0 saturated carbocycles. The van der Waals surface area contributed by atoms with Crippen molar-refractivity contribution >= 4 is 12.4 Å². The van der Waals surface area contributed by atoms with Crippen molar-refractivity contribution in [3.63, 3.8) is 0 Å². The molecule has 0 spiro atoms. The largest absolute Gasteiger partial charge is 0.444 e. The van der Waals surface area contributed by atoms with E-state index in [2.05, 4.69) is 0 Å². The number of rotatable bonds is 6. The van der Waals surface area contributed by atoms with Gasteiger partial charge in [-0.15, -0.1) is 0 Å². The molecule has 1 atom stereocenters. The molecule has 0 rings (SSSR count). The van der Waals surface area contributed by atoms with E-state index < -0.39 is 5.60 Å². The van der Waals surface area contributed by atoms with Crippen LogP contribution in [0.1, 0.15) is 53.9 Å². The van der Waals surface area contributed by atoms with Crippen LogP contribution in [0.25, 0.3) is 0 Å². The molecule has 0 bridgehead atoms. The minimum absolute atomic E-state index is 0.0441. The average molecular weight is 243 g/mol. The lowest BCUT2D eigenvalue weighted by Crippen LogP contribution is -2.43. The van der Waals surface area contributed by atoms with Crippen molar-refractivity contribution in [3.8, 4) is 0 Å². The predicted molar refractivity (Wildman–Crippen MR) is 68.0 cm³/mol. The standard InChI is InChI=1S/C13H25NO3/c1-6-8-11(9-10-15)14(7-2)12(16)17-13(3,4)5/h10-11H,6-9H2,1-5H3. The van der Waals surface area contributed by atoms with Gasteiger partial charge in [-0.2, -0.15) is 0 Å². The lowest BCUT2D eigenvalue weighted by atomic mass is 10.1. The number of amides is 1. The molecule has 1 amide bonds. The number of carbonyl (C=O) groups excluding carboxylic acids is 2. The van der Waals surface area contributed by atoms with Crippen molar-refractivity contribution in [3.05, 3.63) is 0 Å². The first kappa shape index (κ1) is 15.9. The first-order valence-corrected chi connectivity index (χ1v) is 6.29. The molecule has 4 nitrogen and oxygen atoms in total. The highest BCUT2D eigenvalue weighted by Crippen LogP contribution is 2.15. The van der Waals surface area contributed by atoms with Crippen molar-refractivity contribution < 1.29 is 14.3 Å². The van der Waals surface area contributed by atoms with Gasteiger partial charge in [-0.25, -0.2) is 4.79 Å². The van der Waals surface area contributed by atoms with E-state index in [-0.39, 0.29) is 12.1 Å². The summed E-state index contributed by atoms with van der Waals surface area (Å²) in [7, 11) is 0. The maximum atomic E-state index is 12.0. The molecular weight excluding hydrogens is 218 g/mol. The highest BCUT2D eigenvalue weighted by molar-refractivity contribution is 5.69. The molecule has 100 valence electrons. The van der Waals surface area contributed by atoms with Gasteiger partial charge in [0.1, 0.15) is 11.9 Å². The van der Waals surface area contributed by atoms with Crippen molar-refractivity contribution in [2.24, 2.45) is 0 Å². The van der Waals surface area contributed by atoms with E-state index in [0.717, 1.165) is 19.1 Å². The lowest BCUT2D eigenvalue weighted by molar-refractivity contribution is -0.108. The van der Waals surface area contributed by atoms with E-state index in [1.54, 1.807) is 4.90 Å². The average Bonchev–Trinajstić information content (AvgIpc) is 2.16. The van der Waals surface area contributed by atoms with Gasteiger partial charge in [0.25, 0.3) is 0 Å². The second-order valence-corrected chi connectivity index (χ2v) is 5.11. The maximum absolute atomic E-state index is 12.0. The van der Waals surface area contributed by atoms with E-state index in [4.69, 9.17) is 4.74 Å². The molecule has 0 aromatic carbocycles. The second kappa shape index (κ2) is 7.30. The minimum Gasteiger partial charge on any atom is -0.444 e. The Morgan fingerprint density at radius 1 is 1.35 bits per heavy atom. The maximum Gasteiger partial charge on any atom is 0.410 e. The summed E-state index contributed by atoms with van der Waals surface area (Å²) in [6.45, 7) is 10.0. The summed E-state index contributed by atoms with van der Waals surface area (Å²) in [5.41, 5.74) is -0.498. The fraction of sp³-hybridized carbons (Fsp3) is 0.846. The molecule has 0 radical (unpaired) electrons. The monoisotopic (exact) mass is 243 g/mol. The van der Waals surface area contributed by atoms with E-state index >= 15 is 0 Å². The zero-order valence-corrected chi connectivity index (χ0v) is 11.7. The van der Waals surface area contributed by atoms with Crippen molar-refractivity contribution in [1.29, 1.82) is 0 Å². The molecule has 0 heterocycles. The molecule has 0 aliphatic carbocycles. The normalized spacial score (nSPS) is 13.0. The molecule has 4 heteroatoms. The molecule has 0 aromatic heterocycles. The van der Waals surface area contributed by atoms with Crippen LogP contribution in [0, 0.1) is 0 Å². The van der Waals surface area contributed by atoms with Gasteiger partial charge in [-0.05, 0) is 34.1 Å². The zero-order valence-electron chi connectivity index (χ0n) is 11.7. The summed E-state index contributed by atoms with van der Waals surface area (Å²) in [6.07, 6.45) is 2.68. The van der Waals surface area contributed by atoms with Gasteiger partial charge in [0.05, 0.1) is 0 Å².